The standard InChI is InChI=1S/C21H27BrN2.C2H2O4/c1-2-24(17-18-6-4-3-5-7-18)21-12-14-23(15-13-21)16-19-8-10-20(22)11-9-19;3-1(4)2(5)6/h3-11,21H,2,12-17H2,1H3;(H,3,4)(H,5,6). The van der Waals surface area contributed by atoms with Crippen LogP contribution in [0.3, 0.4) is 0 Å². The Kier molecular flexibility index (Phi) is 10.00. The van der Waals surface area contributed by atoms with Crippen LogP contribution in [0.25, 0.3) is 0 Å². The van der Waals surface area contributed by atoms with Gasteiger partial charge in [-0.1, -0.05) is 65.3 Å². The Morgan fingerprint density at radius 1 is 0.967 bits per heavy atom. The first-order valence-electron chi connectivity index (χ1n) is 10.1. The fraction of sp³-hybridized carbons (Fsp3) is 0.391. The Balaban J connectivity index is 0.000000469. The number of halogens is 1. The second kappa shape index (κ2) is 12.5. The van der Waals surface area contributed by atoms with Crippen molar-refractivity contribution in [2.75, 3.05) is 19.6 Å². The molecule has 0 aliphatic carbocycles. The fourth-order valence-electron chi connectivity index (χ4n) is 3.61. The minimum absolute atomic E-state index is 0.719. The number of carboxylic acid groups (broad SMARTS) is 2. The van der Waals surface area contributed by atoms with Crippen LogP contribution in [-0.4, -0.2) is 57.6 Å². The summed E-state index contributed by atoms with van der Waals surface area (Å²) in [6.07, 6.45) is 2.55. The van der Waals surface area contributed by atoms with Crippen molar-refractivity contribution < 1.29 is 19.8 Å². The molecule has 0 amide bonds. The van der Waals surface area contributed by atoms with Crippen LogP contribution < -0.4 is 0 Å². The summed E-state index contributed by atoms with van der Waals surface area (Å²) in [6, 6.07) is 20.3. The van der Waals surface area contributed by atoms with E-state index in [0.717, 1.165) is 30.1 Å². The first-order chi connectivity index (χ1) is 14.4. The quantitative estimate of drug-likeness (QED) is 0.611. The largest absolute Gasteiger partial charge is 0.473 e. The van der Waals surface area contributed by atoms with Gasteiger partial charge < -0.3 is 10.2 Å². The molecule has 1 saturated heterocycles. The minimum atomic E-state index is -1.82. The van der Waals surface area contributed by atoms with E-state index in [1.54, 1.807) is 0 Å². The molecule has 1 fully saturated rings. The lowest BCUT2D eigenvalue weighted by molar-refractivity contribution is -0.159. The predicted molar refractivity (Wildman–Crippen MR) is 120 cm³/mol. The average Bonchev–Trinajstić information content (AvgIpc) is 2.75. The van der Waals surface area contributed by atoms with Crippen molar-refractivity contribution in [3.63, 3.8) is 0 Å². The molecule has 2 N–H and O–H groups in total. The number of carboxylic acids is 2. The summed E-state index contributed by atoms with van der Waals surface area (Å²) >= 11 is 3.51. The normalized spacial score (nSPS) is 14.8. The summed E-state index contributed by atoms with van der Waals surface area (Å²) < 4.78 is 1.16. The lowest BCUT2D eigenvalue weighted by atomic mass is 10.0. The van der Waals surface area contributed by atoms with Crippen LogP contribution in [0.15, 0.2) is 59.1 Å². The van der Waals surface area contributed by atoms with Crippen molar-refractivity contribution >= 4 is 27.9 Å². The highest BCUT2D eigenvalue weighted by atomic mass is 79.9. The first kappa shape index (κ1) is 24.1. The van der Waals surface area contributed by atoms with Gasteiger partial charge in [-0.05, 0) is 55.7 Å². The molecule has 1 heterocycles. The monoisotopic (exact) mass is 476 g/mol. The molecule has 0 atom stereocenters. The zero-order chi connectivity index (χ0) is 21.9. The van der Waals surface area contributed by atoms with Gasteiger partial charge in [-0.25, -0.2) is 9.59 Å². The van der Waals surface area contributed by atoms with Crippen LogP contribution in [0, 0.1) is 0 Å². The highest BCUT2D eigenvalue weighted by Gasteiger charge is 2.23. The average molecular weight is 477 g/mol. The van der Waals surface area contributed by atoms with Crippen LogP contribution in [0.1, 0.15) is 30.9 Å². The number of piperidine rings is 1. The number of likely N-dealkylation sites (tertiary alicyclic amines) is 1. The Bertz CT molecular complexity index is 779. The number of nitrogens with zero attached hydrogens (tertiary/aromatic N) is 2. The molecular formula is C23H29BrN2O4. The van der Waals surface area contributed by atoms with E-state index in [0.29, 0.717) is 0 Å². The van der Waals surface area contributed by atoms with Gasteiger partial charge in [-0.3, -0.25) is 9.80 Å². The molecule has 162 valence electrons. The number of benzene rings is 2. The number of aliphatic carboxylic acids is 2. The molecule has 0 bridgehead atoms. The van der Waals surface area contributed by atoms with E-state index < -0.39 is 11.9 Å². The summed E-state index contributed by atoms with van der Waals surface area (Å²) in [4.78, 5) is 23.4. The molecule has 30 heavy (non-hydrogen) atoms. The zero-order valence-corrected chi connectivity index (χ0v) is 18.8. The van der Waals surface area contributed by atoms with E-state index in [2.05, 4.69) is 87.3 Å². The third-order valence-corrected chi connectivity index (χ3v) is 5.74. The molecule has 0 aromatic heterocycles. The first-order valence-corrected chi connectivity index (χ1v) is 10.9. The van der Waals surface area contributed by atoms with Gasteiger partial charge in [-0.2, -0.15) is 0 Å². The Hall–Kier alpha value is -2.22. The van der Waals surface area contributed by atoms with Crippen molar-refractivity contribution in [3.8, 4) is 0 Å². The minimum Gasteiger partial charge on any atom is -0.473 e. The van der Waals surface area contributed by atoms with Gasteiger partial charge in [-0.15, -0.1) is 0 Å². The molecule has 7 heteroatoms. The summed E-state index contributed by atoms with van der Waals surface area (Å²) in [5.41, 5.74) is 2.84. The van der Waals surface area contributed by atoms with Gasteiger partial charge in [0.05, 0.1) is 0 Å². The van der Waals surface area contributed by atoms with Crippen LogP contribution in [0.2, 0.25) is 0 Å². The van der Waals surface area contributed by atoms with Crippen molar-refractivity contribution in [2.45, 2.75) is 38.9 Å². The Morgan fingerprint density at radius 2 is 1.53 bits per heavy atom. The van der Waals surface area contributed by atoms with E-state index in [9.17, 15) is 0 Å². The molecule has 1 aliphatic rings. The number of carbonyl (C=O) groups is 2. The van der Waals surface area contributed by atoms with Crippen LogP contribution in [0.4, 0.5) is 0 Å². The fourth-order valence-corrected chi connectivity index (χ4v) is 3.87. The molecule has 0 spiro atoms. The Labute approximate surface area is 186 Å². The van der Waals surface area contributed by atoms with Crippen molar-refractivity contribution in [1.82, 2.24) is 9.80 Å². The molecule has 0 saturated carbocycles. The predicted octanol–water partition coefficient (Wildman–Crippen LogP) is 4.09. The molecule has 2 aromatic rings. The summed E-state index contributed by atoms with van der Waals surface area (Å²) in [5, 5.41) is 14.8. The number of hydrogen-bond acceptors (Lipinski definition) is 4. The lowest BCUT2D eigenvalue weighted by Gasteiger charge is -2.38. The summed E-state index contributed by atoms with van der Waals surface area (Å²) in [5.74, 6) is -3.65. The maximum Gasteiger partial charge on any atom is 0.414 e. The highest BCUT2D eigenvalue weighted by molar-refractivity contribution is 9.10. The van der Waals surface area contributed by atoms with E-state index in [-0.39, 0.29) is 0 Å². The lowest BCUT2D eigenvalue weighted by Crippen LogP contribution is -2.44. The molecular weight excluding hydrogens is 448 g/mol. The van der Waals surface area contributed by atoms with Gasteiger partial charge >= 0.3 is 11.9 Å². The van der Waals surface area contributed by atoms with Crippen LogP contribution in [0.5, 0.6) is 0 Å². The third-order valence-electron chi connectivity index (χ3n) is 5.21. The second-order valence-electron chi connectivity index (χ2n) is 7.29. The van der Waals surface area contributed by atoms with Crippen molar-refractivity contribution in [3.05, 3.63) is 70.2 Å². The molecule has 1 aliphatic heterocycles. The maximum atomic E-state index is 9.10. The number of hydrogen-bond donors (Lipinski definition) is 2. The molecule has 2 aromatic carbocycles. The van der Waals surface area contributed by atoms with Gasteiger partial charge in [0, 0.05) is 23.6 Å². The smallest absolute Gasteiger partial charge is 0.414 e. The van der Waals surface area contributed by atoms with Crippen molar-refractivity contribution in [1.29, 1.82) is 0 Å². The summed E-state index contributed by atoms with van der Waals surface area (Å²) in [7, 11) is 0. The SMILES string of the molecule is CCN(Cc1ccccc1)C1CCN(Cc2ccc(Br)cc2)CC1.O=C(O)C(=O)O. The maximum absolute atomic E-state index is 9.10. The second-order valence-corrected chi connectivity index (χ2v) is 8.21. The van der Waals surface area contributed by atoms with E-state index >= 15 is 0 Å². The molecule has 0 radical (unpaired) electrons. The Morgan fingerprint density at radius 3 is 2.03 bits per heavy atom. The van der Waals surface area contributed by atoms with E-state index in [1.807, 2.05) is 0 Å². The van der Waals surface area contributed by atoms with E-state index in [4.69, 9.17) is 19.8 Å². The summed E-state index contributed by atoms with van der Waals surface area (Å²) in [6.45, 7) is 7.97. The highest BCUT2D eigenvalue weighted by Crippen LogP contribution is 2.21. The van der Waals surface area contributed by atoms with Crippen LogP contribution in [-0.2, 0) is 22.7 Å². The topological polar surface area (TPSA) is 81.1 Å². The van der Waals surface area contributed by atoms with Gasteiger partial charge in [0.1, 0.15) is 0 Å². The van der Waals surface area contributed by atoms with Gasteiger partial charge in [0.15, 0.2) is 0 Å². The van der Waals surface area contributed by atoms with Gasteiger partial charge in [0.25, 0.3) is 0 Å². The molecule has 6 nitrogen and oxygen atoms in total. The zero-order valence-electron chi connectivity index (χ0n) is 17.2. The van der Waals surface area contributed by atoms with Crippen molar-refractivity contribution in [2.24, 2.45) is 0 Å². The van der Waals surface area contributed by atoms with E-state index in [1.165, 1.54) is 37.1 Å². The molecule has 0 unspecified atom stereocenters. The van der Waals surface area contributed by atoms with Gasteiger partial charge in [0.2, 0.25) is 0 Å². The third kappa shape index (κ3) is 8.26. The molecule has 3 rings (SSSR count). The number of rotatable bonds is 6. The van der Waals surface area contributed by atoms with Crippen LogP contribution >= 0.6 is 15.9 Å².